The fraction of sp³-hybridized carbons (Fsp3) is 0.273. The summed E-state index contributed by atoms with van der Waals surface area (Å²) < 4.78 is 7.60. The van der Waals surface area contributed by atoms with Crippen molar-refractivity contribution in [3.05, 3.63) is 57.4 Å². The molecular weight excluding hydrogens is 372 g/mol. The molecule has 7 heteroatoms. The predicted molar refractivity (Wildman–Crippen MR) is 108 cm³/mol. The van der Waals surface area contributed by atoms with Crippen molar-refractivity contribution in [1.82, 2.24) is 9.88 Å². The number of hydrogen-bond donors (Lipinski definition) is 3. The Labute approximate surface area is 166 Å². The molecule has 7 nitrogen and oxygen atoms in total. The van der Waals surface area contributed by atoms with Gasteiger partial charge in [-0.2, -0.15) is 0 Å². The monoisotopic (exact) mass is 392 g/mol. The minimum absolute atomic E-state index is 0.151. The van der Waals surface area contributed by atoms with E-state index in [-0.39, 0.29) is 17.4 Å². The summed E-state index contributed by atoms with van der Waals surface area (Å²) in [6.07, 6.45) is 3.28. The van der Waals surface area contributed by atoms with E-state index in [0.717, 1.165) is 35.1 Å². The standard InChI is InChI=1S/C22H20N2O5/c1-29-21-14(11-6-12-8-23-9-16(12)18(25)7-11)4-5-15-19(21)24(13-2-3-13)10-17(20(15)26)22(27)28/h4-7,10,13,23,25H,2-3,8-9H2,1H3,(H,27,28). The Morgan fingerprint density at radius 2 is 2.03 bits per heavy atom. The minimum Gasteiger partial charge on any atom is -0.508 e. The number of carboxylic acid groups (broad SMARTS) is 1. The number of aromatic hydroxyl groups is 1. The summed E-state index contributed by atoms with van der Waals surface area (Å²) in [6, 6.07) is 7.29. The highest BCUT2D eigenvalue weighted by atomic mass is 16.5. The summed E-state index contributed by atoms with van der Waals surface area (Å²) >= 11 is 0. The van der Waals surface area contributed by atoms with Crippen LogP contribution in [0.4, 0.5) is 0 Å². The van der Waals surface area contributed by atoms with Gasteiger partial charge >= 0.3 is 5.97 Å². The van der Waals surface area contributed by atoms with Crippen LogP contribution < -0.4 is 15.5 Å². The molecule has 2 heterocycles. The summed E-state index contributed by atoms with van der Waals surface area (Å²) in [5.41, 5.74) is 3.32. The first kappa shape index (κ1) is 17.8. The summed E-state index contributed by atoms with van der Waals surface area (Å²) in [5.74, 6) is -0.496. The van der Waals surface area contributed by atoms with Crippen LogP contribution in [-0.2, 0) is 13.1 Å². The molecule has 1 aliphatic heterocycles. The number of hydrogen-bond acceptors (Lipinski definition) is 5. The Kier molecular flexibility index (Phi) is 3.89. The molecule has 0 spiro atoms. The van der Waals surface area contributed by atoms with E-state index in [1.54, 1.807) is 25.3 Å². The lowest BCUT2D eigenvalue weighted by Gasteiger charge is -2.18. The van der Waals surface area contributed by atoms with Gasteiger partial charge < -0.3 is 24.8 Å². The number of benzene rings is 2. The van der Waals surface area contributed by atoms with E-state index in [1.807, 2.05) is 10.6 Å². The van der Waals surface area contributed by atoms with Crippen molar-refractivity contribution in [2.24, 2.45) is 0 Å². The molecule has 5 rings (SSSR count). The summed E-state index contributed by atoms with van der Waals surface area (Å²) in [4.78, 5) is 24.4. The van der Waals surface area contributed by atoms with Gasteiger partial charge in [0.25, 0.3) is 0 Å². The Morgan fingerprint density at radius 1 is 1.24 bits per heavy atom. The number of carbonyl (C=O) groups is 1. The Morgan fingerprint density at radius 3 is 2.72 bits per heavy atom. The number of aromatic carboxylic acids is 1. The fourth-order valence-corrected chi connectivity index (χ4v) is 4.20. The van der Waals surface area contributed by atoms with Gasteiger partial charge in [-0.3, -0.25) is 4.79 Å². The van der Waals surface area contributed by atoms with Crippen molar-refractivity contribution >= 4 is 16.9 Å². The highest BCUT2D eigenvalue weighted by molar-refractivity contribution is 5.97. The molecule has 0 unspecified atom stereocenters. The molecule has 2 aliphatic rings. The number of nitrogens with zero attached hydrogens (tertiary/aromatic N) is 1. The first-order valence-corrected chi connectivity index (χ1v) is 9.54. The number of ether oxygens (including phenoxy) is 1. The number of phenols is 1. The Hall–Kier alpha value is -3.32. The largest absolute Gasteiger partial charge is 0.508 e. The molecule has 0 atom stereocenters. The van der Waals surface area contributed by atoms with Crippen LogP contribution in [0.1, 0.15) is 40.4 Å². The molecule has 0 saturated heterocycles. The molecule has 148 valence electrons. The van der Waals surface area contributed by atoms with Gasteiger partial charge in [-0.1, -0.05) is 0 Å². The van der Waals surface area contributed by atoms with Gasteiger partial charge in [-0.05, 0) is 48.2 Å². The fourth-order valence-electron chi connectivity index (χ4n) is 4.20. The van der Waals surface area contributed by atoms with E-state index in [1.165, 1.54) is 6.20 Å². The van der Waals surface area contributed by atoms with Crippen LogP contribution in [0.15, 0.2) is 35.3 Å². The van der Waals surface area contributed by atoms with Crippen molar-refractivity contribution in [2.45, 2.75) is 32.0 Å². The van der Waals surface area contributed by atoms with Gasteiger partial charge in [0.05, 0.1) is 18.0 Å². The molecule has 0 amide bonds. The van der Waals surface area contributed by atoms with E-state index in [9.17, 15) is 19.8 Å². The smallest absolute Gasteiger partial charge is 0.341 e. The number of carboxylic acids is 1. The highest BCUT2D eigenvalue weighted by Gasteiger charge is 2.29. The number of pyridine rings is 1. The molecule has 29 heavy (non-hydrogen) atoms. The second-order valence-corrected chi connectivity index (χ2v) is 7.59. The topological polar surface area (TPSA) is 101 Å². The van der Waals surface area contributed by atoms with Crippen LogP contribution in [0.25, 0.3) is 22.0 Å². The van der Waals surface area contributed by atoms with E-state index < -0.39 is 11.4 Å². The number of methoxy groups -OCH3 is 1. The van der Waals surface area contributed by atoms with Crippen LogP contribution in [0, 0.1) is 0 Å². The van der Waals surface area contributed by atoms with E-state index >= 15 is 0 Å². The third-order valence-electron chi connectivity index (χ3n) is 5.77. The van der Waals surface area contributed by atoms with Gasteiger partial charge in [0.2, 0.25) is 5.43 Å². The Balaban J connectivity index is 1.82. The molecule has 1 aromatic heterocycles. The third-order valence-corrected chi connectivity index (χ3v) is 5.77. The number of rotatable bonds is 4. The average molecular weight is 392 g/mol. The first-order valence-electron chi connectivity index (χ1n) is 9.54. The molecule has 2 aromatic carbocycles. The zero-order valence-corrected chi connectivity index (χ0v) is 15.9. The van der Waals surface area contributed by atoms with Crippen LogP contribution in [-0.4, -0.2) is 27.9 Å². The lowest BCUT2D eigenvalue weighted by Crippen LogP contribution is -2.19. The quantitative estimate of drug-likeness (QED) is 0.631. The Bertz CT molecular complexity index is 1240. The first-order chi connectivity index (χ1) is 14.0. The van der Waals surface area contributed by atoms with Crippen molar-refractivity contribution in [2.75, 3.05) is 7.11 Å². The molecule has 3 N–H and O–H groups in total. The summed E-state index contributed by atoms with van der Waals surface area (Å²) in [5, 5.41) is 23.4. The summed E-state index contributed by atoms with van der Waals surface area (Å²) in [7, 11) is 1.54. The molecule has 3 aromatic rings. The van der Waals surface area contributed by atoms with E-state index in [0.29, 0.717) is 29.7 Å². The maximum absolute atomic E-state index is 12.8. The number of nitrogens with one attached hydrogen (secondary N) is 1. The molecular formula is C22H20N2O5. The molecule has 0 bridgehead atoms. The van der Waals surface area contributed by atoms with Crippen molar-refractivity contribution in [3.8, 4) is 22.6 Å². The minimum atomic E-state index is -1.23. The van der Waals surface area contributed by atoms with E-state index in [2.05, 4.69) is 5.32 Å². The zero-order chi connectivity index (χ0) is 20.3. The van der Waals surface area contributed by atoms with Crippen molar-refractivity contribution < 1.29 is 19.7 Å². The normalized spacial score (nSPS) is 15.5. The molecule has 1 fully saturated rings. The van der Waals surface area contributed by atoms with Gasteiger partial charge in [0, 0.05) is 36.5 Å². The van der Waals surface area contributed by atoms with Crippen molar-refractivity contribution in [1.29, 1.82) is 0 Å². The third kappa shape index (κ3) is 2.69. The number of aromatic nitrogens is 1. The van der Waals surface area contributed by atoms with Crippen LogP contribution in [0.3, 0.4) is 0 Å². The lowest BCUT2D eigenvalue weighted by molar-refractivity contribution is 0.0695. The SMILES string of the molecule is COc1c(-c2cc(O)c3c(c2)CNC3)ccc2c(=O)c(C(=O)O)cn(C3CC3)c12. The maximum atomic E-state index is 12.8. The lowest BCUT2D eigenvalue weighted by atomic mass is 9.97. The van der Waals surface area contributed by atoms with Gasteiger partial charge in [0.15, 0.2) is 5.75 Å². The van der Waals surface area contributed by atoms with Crippen LogP contribution >= 0.6 is 0 Å². The number of phenolic OH excluding ortho intramolecular Hbond substituents is 1. The van der Waals surface area contributed by atoms with Gasteiger partial charge in [-0.15, -0.1) is 0 Å². The second-order valence-electron chi connectivity index (χ2n) is 7.59. The zero-order valence-electron chi connectivity index (χ0n) is 15.9. The summed E-state index contributed by atoms with van der Waals surface area (Å²) in [6.45, 7) is 1.32. The van der Waals surface area contributed by atoms with Crippen LogP contribution in [0.2, 0.25) is 0 Å². The molecule has 0 radical (unpaired) electrons. The van der Waals surface area contributed by atoms with Crippen LogP contribution in [0.5, 0.6) is 11.5 Å². The predicted octanol–water partition coefficient (Wildman–Crippen LogP) is 3.02. The maximum Gasteiger partial charge on any atom is 0.341 e. The highest BCUT2D eigenvalue weighted by Crippen LogP contribution is 2.43. The van der Waals surface area contributed by atoms with Crippen molar-refractivity contribution in [3.63, 3.8) is 0 Å². The van der Waals surface area contributed by atoms with Gasteiger partial charge in [0.1, 0.15) is 11.3 Å². The molecule has 1 aliphatic carbocycles. The molecule has 1 saturated carbocycles. The van der Waals surface area contributed by atoms with E-state index in [4.69, 9.17) is 4.74 Å². The van der Waals surface area contributed by atoms with Gasteiger partial charge in [-0.25, -0.2) is 4.79 Å². The number of fused-ring (bicyclic) bond motifs is 2. The average Bonchev–Trinajstić information content (AvgIpc) is 3.43. The second kappa shape index (κ2) is 6.35.